The first-order valence-corrected chi connectivity index (χ1v) is 9.14. The summed E-state index contributed by atoms with van der Waals surface area (Å²) in [4.78, 5) is 14.9. The Morgan fingerprint density at radius 1 is 1.21 bits per heavy atom. The molecule has 0 saturated carbocycles. The van der Waals surface area contributed by atoms with Crippen LogP contribution in [0.2, 0.25) is 0 Å². The minimum atomic E-state index is -0.431. The largest absolute Gasteiger partial charge is 0.381 e. The van der Waals surface area contributed by atoms with Gasteiger partial charge in [-0.1, -0.05) is 24.3 Å². The zero-order valence-electron chi connectivity index (χ0n) is 14.4. The van der Waals surface area contributed by atoms with Gasteiger partial charge in [-0.25, -0.2) is 0 Å². The number of rotatable bonds is 6. The Balaban J connectivity index is 1.54. The second-order valence-electron chi connectivity index (χ2n) is 6.95. The molecule has 2 fully saturated rings. The summed E-state index contributed by atoms with van der Waals surface area (Å²) in [6.45, 7) is 5.30. The Morgan fingerprint density at radius 2 is 1.88 bits per heavy atom. The van der Waals surface area contributed by atoms with Gasteiger partial charge >= 0.3 is 0 Å². The van der Waals surface area contributed by atoms with Crippen LogP contribution in [0.15, 0.2) is 24.3 Å². The van der Waals surface area contributed by atoms with Crippen LogP contribution in [0.5, 0.6) is 0 Å². The molecule has 2 aliphatic heterocycles. The van der Waals surface area contributed by atoms with Gasteiger partial charge in [-0.15, -0.1) is 0 Å². The summed E-state index contributed by atoms with van der Waals surface area (Å²) in [6.07, 6.45) is 4.33. The number of nitrogens with two attached hydrogens (primary N) is 1. The quantitative estimate of drug-likeness (QED) is 0.832. The fourth-order valence-electron chi connectivity index (χ4n) is 3.66. The van der Waals surface area contributed by atoms with Crippen molar-refractivity contribution >= 4 is 5.91 Å². The van der Waals surface area contributed by atoms with E-state index in [4.69, 9.17) is 10.5 Å². The molecule has 0 radical (unpaired) electrons. The van der Waals surface area contributed by atoms with E-state index >= 15 is 0 Å². The molecule has 1 aromatic rings. The second-order valence-corrected chi connectivity index (χ2v) is 6.95. The number of nitrogens with zero attached hydrogens (tertiary/aromatic N) is 1. The lowest BCUT2D eigenvalue weighted by Gasteiger charge is -2.27. The van der Waals surface area contributed by atoms with Crippen LogP contribution in [0.4, 0.5) is 0 Å². The highest BCUT2D eigenvalue weighted by Gasteiger charge is 2.26. The summed E-state index contributed by atoms with van der Waals surface area (Å²) in [5, 5.41) is 3.04. The maximum Gasteiger partial charge on any atom is 0.237 e. The van der Waals surface area contributed by atoms with Crippen LogP contribution in [0.3, 0.4) is 0 Å². The van der Waals surface area contributed by atoms with Crippen molar-refractivity contribution in [3.8, 4) is 0 Å². The predicted octanol–water partition coefficient (Wildman–Crippen LogP) is 1.65. The first-order valence-electron chi connectivity index (χ1n) is 9.14. The molecular weight excluding hydrogens is 302 g/mol. The van der Waals surface area contributed by atoms with Crippen LogP contribution in [0.25, 0.3) is 0 Å². The van der Waals surface area contributed by atoms with Crippen molar-refractivity contribution in [2.24, 2.45) is 11.7 Å². The first-order chi connectivity index (χ1) is 11.7. The third-order valence-electron chi connectivity index (χ3n) is 5.24. The molecule has 132 valence electrons. The van der Waals surface area contributed by atoms with Gasteiger partial charge in [0, 0.05) is 26.3 Å². The standard InChI is InChI=1S/C19H29N3O2/c20-18(15-7-11-24-12-8-15)19(23)21-13-16-5-1-2-6-17(16)14-22-9-3-4-10-22/h1-2,5-6,15,18H,3-4,7-14,20H2,(H,21,23). The molecule has 24 heavy (non-hydrogen) atoms. The number of ether oxygens (including phenoxy) is 1. The van der Waals surface area contributed by atoms with Crippen LogP contribution >= 0.6 is 0 Å². The molecule has 3 rings (SSSR count). The van der Waals surface area contributed by atoms with Crippen molar-refractivity contribution in [1.82, 2.24) is 10.2 Å². The highest BCUT2D eigenvalue weighted by Crippen LogP contribution is 2.19. The molecule has 0 aromatic heterocycles. The number of hydrogen-bond acceptors (Lipinski definition) is 4. The van der Waals surface area contributed by atoms with E-state index in [1.807, 2.05) is 6.07 Å². The van der Waals surface area contributed by atoms with E-state index in [0.29, 0.717) is 19.8 Å². The van der Waals surface area contributed by atoms with Gasteiger partial charge in [-0.05, 0) is 55.8 Å². The lowest BCUT2D eigenvalue weighted by molar-refractivity contribution is -0.124. The molecule has 1 amide bonds. The van der Waals surface area contributed by atoms with Crippen molar-refractivity contribution < 1.29 is 9.53 Å². The predicted molar refractivity (Wildman–Crippen MR) is 94.3 cm³/mol. The molecule has 5 nitrogen and oxygen atoms in total. The minimum Gasteiger partial charge on any atom is -0.381 e. The van der Waals surface area contributed by atoms with Gasteiger partial charge in [0.15, 0.2) is 0 Å². The van der Waals surface area contributed by atoms with Gasteiger partial charge in [0.05, 0.1) is 6.04 Å². The van der Waals surface area contributed by atoms with E-state index in [-0.39, 0.29) is 11.8 Å². The zero-order chi connectivity index (χ0) is 16.8. The Bertz CT molecular complexity index is 537. The normalized spacial score (nSPS) is 20.9. The van der Waals surface area contributed by atoms with Crippen LogP contribution in [0, 0.1) is 5.92 Å². The smallest absolute Gasteiger partial charge is 0.237 e. The SMILES string of the molecule is NC(C(=O)NCc1ccccc1CN1CCCC1)C1CCOCC1. The van der Waals surface area contributed by atoms with Crippen molar-refractivity contribution in [2.45, 2.75) is 44.8 Å². The van der Waals surface area contributed by atoms with Crippen molar-refractivity contribution in [3.05, 3.63) is 35.4 Å². The van der Waals surface area contributed by atoms with Crippen molar-refractivity contribution in [2.75, 3.05) is 26.3 Å². The molecular formula is C19H29N3O2. The Morgan fingerprint density at radius 3 is 2.58 bits per heavy atom. The molecule has 1 aromatic carbocycles. The monoisotopic (exact) mass is 331 g/mol. The number of amides is 1. The average molecular weight is 331 g/mol. The third kappa shape index (κ3) is 4.56. The van der Waals surface area contributed by atoms with Gasteiger partial charge in [0.25, 0.3) is 0 Å². The fourth-order valence-corrected chi connectivity index (χ4v) is 3.66. The summed E-state index contributed by atoms with van der Waals surface area (Å²) in [7, 11) is 0. The minimum absolute atomic E-state index is 0.0436. The molecule has 0 bridgehead atoms. The van der Waals surface area contributed by atoms with Crippen molar-refractivity contribution in [1.29, 1.82) is 0 Å². The van der Waals surface area contributed by atoms with Crippen LogP contribution in [-0.2, 0) is 22.6 Å². The van der Waals surface area contributed by atoms with E-state index in [2.05, 4.69) is 28.4 Å². The molecule has 1 unspecified atom stereocenters. The lowest BCUT2D eigenvalue weighted by Crippen LogP contribution is -2.46. The Kier molecular flexibility index (Phi) is 6.24. The highest BCUT2D eigenvalue weighted by atomic mass is 16.5. The second kappa shape index (κ2) is 8.60. The molecule has 0 aliphatic carbocycles. The molecule has 2 saturated heterocycles. The molecule has 3 N–H and O–H groups in total. The van der Waals surface area contributed by atoms with Crippen LogP contribution < -0.4 is 11.1 Å². The molecule has 2 heterocycles. The van der Waals surface area contributed by atoms with Crippen molar-refractivity contribution in [3.63, 3.8) is 0 Å². The molecule has 5 heteroatoms. The summed E-state index contributed by atoms with van der Waals surface area (Å²) in [6, 6.07) is 7.95. The van der Waals surface area contributed by atoms with Gasteiger partial charge in [-0.2, -0.15) is 0 Å². The van der Waals surface area contributed by atoms with Gasteiger partial charge < -0.3 is 15.8 Å². The summed E-state index contributed by atoms with van der Waals surface area (Å²) >= 11 is 0. The molecule has 1 atom stereocenters. The Labute approximate surface area is 144 Å². The number of carbonyl (C=O) groups is 1. The molecule has 2 aliphatic rings. The molecule has 0 spiro atoms. The van der Waals surface area contributed by atoms with E-state index in [0.717, 1.165) is 19.4 Å². The zero-order valence-corrected chi connectivity index (χ0v) is 14.4. The average Bonchev–Trinajstić information content (AvgIpc) is 3.14. The van der Waals surface area contributed by atoms with E-state index < -0.39 is 6.04 Å². The van der Waals surface area contributed by atoms with E-state index in [1.165, 1.54) is 37.1 Å². The highest BCUT2D eigenvalue weighted by molar-refractivity contribution is 5.81. The van der Waals surface area contributed by atoms with Gasteiger partial charge in [0.1, 0.15) is 0 Å². The number of carbonyl (C=O) groups excluding carboxylic acids is 1. The summed E-state index contributed by atoms with van der Waals surface area (Å²) in [5.41, 5.74) is 8.65. The van der Waals surface area contributed by atoms with Gasteiger partial charge in [-0.3, -0.25) is 9.69 Å². The van der Waals surface area contributed by atoms with E-state index in [1.54, 1.807) is 0 Å². The lowest BCUT2D eigenvalue weighted by atomic mass is 9.92. The third-order valence-corrected chi connectivity index (χ3v) is 5.24. The van der Waals surface area contributed by atoms with Crippen LogP contribution in [-0.4, -0.2) is 43.2 Å². The fraction of sp³-hybridized carbons (Fsp3) is 0.632. The number of hydrogen-bond donors (Lipinski definition) is 2. The Hall–Kier alpha value is -1.43. The number of nitrogens with one attached hydrogen (secondary N) is 1. The summed E-state index contributed by atoms with van der Waals surface area (Å²) < 4.78 is 5.35. The van der Waals surface area contributed by atoms with Gasteiger partial charge in [0.2, 0.25) is 5.91 Å². The topological polar surface area (TPSA) is 67.6 Å². The van der Waals surface area contributed by atoms with E-state index in [9.17, 15) is 4.79 Å². The number of likely N-dealkylation sites (tertiary alicyclic amines) is 1. The number of benzene rings is 1. The van der Waals surface area contributed by atoms with Crippen LogP contribution in [0.1, 0.15) is 36.8 Å². The first kappa shape index (κ1) is 17.4. The summed E-state index contributed by atoms with van der Waals surface area (Å²) in [5.74, 6) is 0.191. The maximum atomic E-state index is 12.4. The maximum absolute atomic E-state index is 12.4.